The first-order valence-electron chi connectivity index (χ1n) is 22.2. The second kappa shape index (κ2) is 12.6. The normalized spacial score (nSPS) is 27.7. The Kier molecular flexibility index (Phi) is 7.30. The van der Waals surface area contributed by atoms with Gasteiger partial charge >= 0.3 is 0 Å². The van der Waals surface area contributed by atoms with Crippen molar-refractivity contribution in [1.82, 2.24) is 0 Å². The smallest absolute Gasteiger partial charge is 0.0836 e. The van der Waals surface area contributed by atoms with E-state index in [2.05, 4.69) is 183 Å². The summed E-state index contributed by atoms with van der Waals surface area (Å²) in [5.74, 6) is 2.68. The standard InChI is InChI=1S/C58H48Si/c1-59(2)53-20-8-7-18-45(53)49-33-51-52(34-54(49)59)57(44-26-22-36-12-4-6-14-40(36)30-44)50-31-41(27-28-47(50)56(51)43-25-21-35-11-3-5-13-39(35)29-43)48-32-42-17-9-15-37-23-24-38-16-10-19-46(48)58(38)55(37)42/h3-5,7-13,15-26,28,30-34,39,41,46,48,55,58H,6,14,27,29H2,1-2H3/t39?,41?,46?,48-,55?,58?/m1/s1. The maximum absolute atomic E-state index is 2.78. The van der Waals surface area contributed by atoms with Crippen molar-refractivity contribution >= 4 is 53.0 Å². The van der Waals surface area contributed by atoms with Gasteiger partial charge in [-0.15, -0.1) is 0 Å². The van der Waals surface area contributed by atoms with Crippen LogP contribution in [0.4, 0.5) is 0 Å². The van der Waals surface area contributed by atoms with Gasteiger partial charge in [0.1, 0.15) is 8.07 Å². The summed E-state index contributed by atoms with van der Waals surface area (Å²) >= 11 is 0. The summed E-state index contributed by atoms with van der Waals surface area (Å²) in [4.78, 5) is 0. The molecule has 0 fully saturated rings. The predicted octanol–water partition coefficient (Wildman–Crippen LogP) is 11.3. The zero-order valence-electron chi connectivity index (χ0n) is 34.0. The van der Waals surface area contributed by atoms with Gasteiger partial charge in [0.15, 0.2) is 0 Å². The van der Waals surface area contributed by atoms with E-state index in [0.29, 0.717) is 35.5 Å². The Morgan fingerprint density at radius 1 is 0.627 bits per heavy atom. The van der Waals surface area contributed by atoms with Crippen molar-refractivity contribution < 1.29 is 0 Å². The molecule has 0 saturated heterocycles. The fourth-order valence-electron chi connectivity index (χ4n) is 12.8. The summed E-state index contributed by atoms with van der Waals surface area (Å²) in [5, 5.41) is 8.93. The number of hydrogen-bond acceptors (Lipinski definition) is 0. The Hall–Kier alpha value is -5.76. The van der Waals surface area contributed by atoms with Crippen molar-refractivity contribution in [2.24, 2.45) is 35.5 Å². The molecular weight excluding hydrogens is 725 g/mol. The van der Waals surface area contributed by atoms with Crippen LogP contribution in [0.3, 0.4) is 0 Å². The molecule has 1 heteroatoms. The molecule has 0 bridgehead atoms. The number of hydrogen-bond donors (Lipinski definition) is 0. The third kappa shape index (κ3) is 4.95. The van der Waals surface area contributed by atoms with E-state index in [-0.39, 0.29) is 0 Å². The van der Waals surface area contributed by atoms with Crippen molar-refractivity contribution in [2.45, 2.75) is 38.8 Å². The summed E-state index contributed by atoms with van der Waals surface area (Å²) in [6.07, 6.45) is 50.3. The van der Waals surface area contributed by atoms with Crippen LogP contribution >= 0.6 is 0 Å². The monoisotopic (exact) mass is 772 g/mol. The predicted molar refractivity (Wildman–Crippen MR) is 253 cm³/mol. The van der Waals surface area contributed by atoms with E-state index in [1.54, 1.807) is 10.4 Å². The Balaban J connectivity index is 1.11. The molecule has 0 aromatic heterocycles. The molecule has 5 unspecified atom stereocenters. The van der Waals surface area contributed by atoms with Crippen LogP contribution in [-0.4, -0.2) is 8.07 Å². The van der Waals surface area contributed by atoms with Gasteiger partial charge < -0.3 is 0 Å². The maximum atomic E-state index is 2.78. The van der Waals surface area contributed by atoms with Gasteiger partial charge in [0.2, 0.25) is 0 Å². The lowest BCUT2D eigenvalue weighted by atomic mass is 9.56. The lowest BCUT2D eigenvalue weighted by molar-refractivity contribution is 0.252. The van der Waals surface area contributed by atoms with E-state index in [1.807, 2.05) is 0 Å². The number of benzene rings is 4. The molecule has 1 heterocycles. The highest BCUT2D eigenvalue weighted by Gasteiger charge is 2.46. The van der Waals surface area contributed by atoms with E-state index >= 15 is 0 Å². The van der Waals surface area contributed by atoms with Gasteiger partial charge in [-0.1, -0.05) is 177 Å². The van der Waals surface area contributed by atoms with Gasteiger partial charge in [0.05, 0.1) is 0 Å². The number of rotatable bonds is 3. The molecule has 9 aliphatic rings. The first-order chi connectivity index (χ1) is 29.0. The van der Waals surface area contributed by atoms with Crippen LogP contribution in [0.25, 0.3) is 56.8 Å². The summed E-state index contributed by atoms with van der Waals surface area (Å²) in [6, 6.07) is 22.1. The lowest BCUT2D eigenvalue weighted by Gasteiger charge is -2.48. The second-order valence-corrected chi connectivity index (χ2v) is 23.3. The van der Waals surface area contributed by atoms with E-state index in [1.165, 1.54) is 88.0 Å². The molecule has 13 rings (SSSR count). The lowest BCUT2D eigenvalue weighted by Crippen LogP contribution is -2.49. The number of fused-ring (bicyclic) bond motifs is 7. The van der Waals surface area contributed by atoms with Crippen LogP contribution in [0.5, 0.6) is 0 Å². The Morgan fingerprint density at radius 2 is 1.51 bits per heavy atom. The van der Waals surface area contributed by atoms with Crippen molar-refractivity contribution in [1.29, 1.82) is 0 Å². The van der Waals surface area contributed by atoms with Gasteiger partial charge in [-0.25, -0.2) is 0 Å². The van der Waals surface area contributed by atoms with Crippen molar-refractivity contribution in [3.8, 4) is 22.3 Å². The molecule has 0 N–H and O–H groups in total. The van der Waals surface area contributed by atoms with Crippen LogP contribution in [-0.2, 0) is 6.42 Å². The summed E-state index contributed by atoms with van der Waals surface area (Å²) in [5.41, 5.74) is 17.5. The molecule has 284 valence electrons. The molecule has 0 spiro atoms. The molecule has 1 aliphatic heterocycles. The molecule has 0 saturated carbocycles. The van der Waals surface area contributed by atoms with Crippen molar-refractivity contribution in [2.75, 3.05) is 0 Å². The van der Waals surface area contributed by atoms with Crippen LogP contribution in [0, 0.1) is 35.5 Å². The van der Waals surface area contributed by atoms with Gasteiger partial charge in [-0.2, -0.15) is 0 Å². The minimum Gasteiger partial charge on any atom is -0.0836 e. The highest BCUT2D eigenvalue weighted by molar-refractivity contribution is 7.04. The van der Waals surface area contributed by atoms with E-state index < -0.39 is 8.07 Å². The van der Waals surface area contributed by atoms with Gasteiger partial charge in [0.25, 0.3) is 0 Å². The van der Waals surface area contributed by atoms with Gasteiger partial charge in [-0.3, -0.25) is 0 Å². The molecule has 0 radical (unpaired) electrons. The maximum Gasteiger partial charge on any atom is 0.113 e. The van der Waals surface area contributed by atoms with Gasteiger partial charge in [-0.05, 0) is 148 Å². The molecule has 6 atom stereocenters. The molecular formula is C58H48Si. The molecule has 59 heavy (non-hydrogen) atoms. The second-order valence-electron chi connectivity index (χ2n) is 19.0. The zero-order valence-corrected chi connectivity index (χ0v) is 35.0. The van der Waals surface area contributed by atoms with Crippen LogP contribution < -0.4 is 20.8 Å². The summed E-state index contributed by atoms with van der Waals surface area (Å²) in [7, 11) is -1.95. The van der Waals surface area contributed by atoms with Crippen molar-refractivity contribution in [3.63, 3.8) is 0 Å². The fraction of sp³-hybridized carbons (Fsp3) is 0.207. The van der Waals surface area contributed by atoms with E-state index in [4.69, 9.17) is 0 Å². The average Bonchev–Trinajstić information content (AvgIpc) is 3.50. The van der Waals surface area contributed by atoms with Crippen LogP contribution in [0.2, 0.25) is 13.1 Å². The van der Waals surface area contributed by atoms with Crippen molar-refractivity contribution in [3.05, 3.63) is 201 Å². The molecule has 0 nitrogen and oxygen atoms in total. The third-order valence-corrected chi connectivity index (χ3v) is 19.2. The highest BCUT2D eigenvalue weighted by atomic mass is 28.3. The van der Waals surface area contributed by atoms with Gasteiger partial charge in [0, 0.05) is 17.8 Å². The van der Waals surface area contributed by atoms with E-state index in [9.17, 15) is 0 Å². The molecule has 8 aliphatic carbocycles. The molecule has 0 amide bonds. The van der Waals surface area contributed by atoms with Crippen LogP contribution in [0.15, 0.2) is 174 Å². The number of allylic oxidation sites excluding steroid dienone is 21. The largest absolute Gasteiger partial charge is 0.113 e. The SMILES string of the molecule is C[Si]1(C)c2ccccc2-c2cc3c(C4=CC=C5C=CC=CC5C4)c4c(c(-c5ccc6c(c5)CCC=C6)c3cc21)=CC([C@H]1C=C2C=CC=C3C=CC5=CC=CC1C5C32)CC=4. The highest BCUT2D eigenvalue weighted by Crippen LogP contribution is 2.54. The Morgan fingerprint density at radius 3 is 2.47 bits per heavy atom. The minimum absolute atomic E-state index is 0.394. The average molecular weight is 773 g/mol. The third-order valence-electron chi connectivity index (χ3n) is 15.7. The first-order valence-corrected chi connectivity index (χ1v) is 25.2. The van der Waals surface area contributed by atoms with Crippen LogP contribution in [0.1, 0.15) is 36.0 Å². The zero-order chi connectivity index (χ0) is 39.0. The minimum atomic E-state index is -1.95. The Bertz CT molecular complexity index is 3100. The topological polar surface area (TPSA) is 0 Å². The van der Waals surface area contributed by atoms with E-state index in [0.717, 1.165) is 25.7 Å². The Labute approximate surface area is 349 Å². The number of aryl methyl sites for hydroxylation is 1. The summed E-state index contributed by atoms with van der Waals surface area (Å²) in [6.45, 7) is 5.15. The first kappa shape index (κ1) is 34.1. The fourth-order valence-corrected chi connectivity index (χ4v) is 15.9. The molecule has 4 aromatic rings. The molecule has 4 aromatic carbocycles. The quantitative estimate of drug-likeness (QED) is 0.182. The summed E-state index contributed by atoms with van der Waals surface area (Å²) < 4.78 is 0.